The number of nitrogens with one attached hydrogen (secondary N) is 1. The van der Waals surface area contributed by atoms with E-state index < -0.39 is 5.60 Å². The number of hydrogen-bond acceptors (Lipinski definition) is 6. The molecule has 1 atom stereocenters. The van der Waals surface area contributed by atoms with Gasteiger partial charge in [-0.05, 0) is 70.2 Å². The maximum Gasteiger partial charge on any atom is 0.241 e. The molecule has 1 aliphatic heterocycles. The smallest absolute Gasteiger partial charge is 0.241 e. The number of nitrogens with zero attached hydrogens (tertiary/aromatic N) is 5. The van der Waals surface area contributed by atoms with Crippen molar-refractivity contribution in [1.29, 1.82) is 0 Å². The highest BCUT2D eigenvalue weighted by atomic mass is 16.3. The number of piperazine rings is 1. The molecule has 0 spiro atoms. The molecule has 36 heavy (non-hydrogen) atoms. The van der Waals surface area contributed by atoms with E-state index in [1.807, 2.05) is 13.1 Å². The summed E-state index contributed by atoms with van der Waals surface area (Å²) in [5.41, 5.74) is 5.47. The summed E-state index contributed by atoms with van der Waals surface area (Å²) in [4.78, 5) is 9.61. The molecule has 194 valence electrons. The van der Waals surface area contributed by atoms with Gasteiger partial charge in [0.1, 0.15) is 0 Å². The Morgan fingerprint density at radius 2 is 1.81 bits per heavy atom. The minimum atomic E-state index is -0.551. The summed E-state index contributed by atoms with van der Waals surface area (Å²) in [6.45, 7) is 11.8. The van der Waals surface area contributed by atoms with Crippen LogP contribution in [0.3, 0.4) is 0 Å². The fraction of sp³-hybridized carbons (Fsp3) is 0.586. The molecule has 3 heterocycles. The monoisotopic (exact) mass is 490 g/mol. The molecule has 3 aromatic rings. The van der Waals surface area contributed by atoms with Gasteiger partial charge in [0.05, 0.1) is 17.3 Å². The van der Waals surface area contributed by atoms with Gasteiger partial charge in [0.25, 0.3) is 0 Å². The van der Waals surface area contributed by atoms with E-state index in [-0.39, 0.29) is 0 Å². The van der Waals surface area contributed by atoms with Gasteiger partial charge in [0.2, 0.25) is 5.95 Å². The van der Waals surface area contributed by atoms with Gasteiger partial charge < -0.3 is 15.3 Å². The van der Waals surface area contributed by atoms with Crippen LogP contribution in [0.1, 0.15) is 70.1 Å². The minimum absolute atomic E-state index is 0.318. The Hall–Kier alpha value is -2.48. The van der Waals surface area contributed by atoms with Crippen LogP contribution in [0, 0.1) is 0 Å². The van der Waals surface area contributed by atoms with Crippen LogP contribution in [0.4, 0.5) is 5.95 Å². The minimum Gasteiger partial charge on any atom is -0.390 e. The van der Waals surface area contributed by atoms with Crippen molar-refractivity contribution in [2.45, 2.75) is 77.0 Å². The molecule has 2 aromatic heterocycles. The molecule has 1 aromatic carbocycles. The van der Waals surface area contributed by atoms with Crippen molar-refractivity contribution in [2.75, 3.05) is 38.5 Å². The highest BCUT2D eigenvalue weighted by molar-refractivity contribution is 5.81. The first-order valence-electron chi connectivity index (χ1n) is 13.7. The Labute approximate surface area is 215 Å². The van der Waals surface area contributed by atoms with Gasteiger partial charge in [-0.15, -0.1) is 5.10 Å². The second-order valence-corrected chi connectivity index (χ2v) is 11.4. The van der Waals surface area contributed by atoms with Gasteiger partial charge in [0.15, 0.2) is 0 Å². The highest BCUT2D eigenvalue weighted by Gasteiger charge is 2.31. The van der Waals surface area contributed by atoms with Crippen LogP contribution >= 0.6 is 0 Å². The van der Waals surface area contributed by atoms with Crippen molar-refractivity contribution >= 4 is 11.5 Å². The summed E-state index contributed by atoms with van der Waals surface area (Å²) in [6, 6.07) is 11.7. The van der Waals surface area contributed by atoms with E-state index in [1.165, 1.54) is 22.4 Å². The van der Waals surface area contributed by atoms with Crippen molar-refractivity contribution < 1.29 is 5.11 Å². The second-order valence-electron chi connectivity index (χ2n) is 11.4. The van der Waals surface area contributed by atoms with Crippen LogP contribution in [-0.4, -0.2) is 74.4 Å². The van der Waals surface area contributed by atoms with Crippen molar-refractivity contribution in [2.24, 2.45) is 0 Å². The van der Waals surface area contributed by atoms with Gasteiger partial charge in [-0.3, -0.25) is 4.90 Å². The predicted octanol–water partition coefficient (Wildman–Crippen LogP) is 4.76. The Morgan fingerprint density at radius 1 is 1.11 bits per heavy atom. The van der Waals surface area contributed by atoms with Gasteiger partial charge >= 0.3 is 0 Å². The van der Waals surface area contributed by atoms with Crippen LogP contribution in [0.15, 0.2) is 36.5 Å². The number of likely N-dealkylation sites (N-methyl/N-ethyl adjacent to an activating group) is 1. The van der Waals surface area contributed by atoms with Gasteiger partial charge in [-0.2, -0.15) is 0 Å². The third-order valence-electron chi connectivity index (χ3n) is 8.28. The lowest BCUT2D eigenvalue weighted by Gasteiger charge is -2.32. The average Bonchev–Trinajstić information content (AvgIpc) is 3.24. The molecule has 0 unspecified atom stereocenters. The molecule has 7 heteroatoms. The van der Waals surface area contributed by atoms with Gasteiger partial charge in [-0.25, -0.2) is 9.50 Å². The summed E-state index contributed by atoms with van der Waals surface area (Å²) in [6.07, 6.45) is 6.58. The zero-order valence-corrected chi connectivity index (χ0v) is 22.4. The van der Waals surface area contributed by atoms with E-state index in [0.717, 1.165) is 70.3 Å². The standard InChI is InChI=1S/C29H42N6O/c1-5-21(2)31-28-30-19-27-25(18-26(35(27)32-28)24-10-12-29(3,36)13-11-24)23-8-6-22(7-9-23)20-34-16-14-33(4)15-17-34/h6-9,18-19,21,24,36H,5,10-17,20H2,1-4H3,(H,31,32)/t21-,24-,29+/m0/s1. The summed E-state index contributed by atoms with van der Waals surface area (Å²) in [5.74, 6) is 1.06. The van der Waals surface area contributed by atoms with E-state index >= 15 is 0 Å². The summed E-state index contributed by atoms with van der Waals surface area (Å²) in [7, 11) is 2.20. The molecular formula is C29H42N6O. The highest BCUT2D eigenvalue weighted by Crippen LogP contribution is 2.40. The van der Waals surface area contributed by atoms with Crippen molar-refractivity contribution in [1.82, 2.24) is 24.4 Å². The summed E-state index contributed by atoms with van der Waals surface area (Å²) >= 11 is 0. The Balaban J connectivity index is 1.44. The molecule has 2 aliphatic rings. The molecule has 0 radical (unpaired) electrons. The van der Waals surface area contributed by atoms with Crippen LogP contribution in [0.5, 0.6) is 0 Å². The van der Waals surface area contributed by atoms with E-state index in [9.17, 15) is 5.11 Å². The van der Waals surface area contributed by atoms with Crippen molar-refractivity contribution in [3.63, 3.8) is 0 Å². The van der Waals surface area contributed by atoms with Crippen LogP contribution in [-0.2, 0) is 6.54 Å². The summed E-state index contributed by atoms with van der Waals surface area (Å²) in [5, 5.41) is 18.9. The first kappa shape index (κ1) is 25.2. The molecule has 1 saturated heterocycles. The average molecular weight is 491 g/mol. The topological polar surface area (TPSA) is 68.9 Å². The van der Waals surface area contributed by atoms with Crippen molar-refractivity contribution in [3.8, 4) is 11.1 Å². The zero-order valence-electron chi connectivity index (χ0n) is 22.4. The number of fused-ring (bicyclic) bond motifs is 1. The largest absolute Gasteiger partial charge is 0.390 e. The molecule has 1 aliphatic carbocycles. The number of aromatic nitrogens is 3. The van der Waals surface area contributed by atoms with Crippen LogP contribution in [0.25, 0.3) is 16.6 Å². The Kier molecular flexibility index (Phi) is 7.33. The lowest BCUT2D eigenvalue weighted by Crippen LogP contribution is -2.43. The zero-order chi connectivity index (χ0) is 25.3. The van der Waals surface area contributed by atoms with Crippen LogP contribution in [0.2, 0.25) is 0 Å². The lowest BCUT2D eigenvalue weighted by atomic mass is 9.78. The Morgan fingerprint density at radius 3 is 2.47 bits per heavy atom. The first-order chi connectivity index (χ1) is 17.3. The molecule has 5 rings (SSSR count). The van der Waals surface area contributed by atoms with Gasteiger partial charge in [0, 0.05) is 55.9 Å². The lowest BCUT2D eigenvalue weighted by molar-refractivity contribution is 0.0167. The number of rotatable bonds is 7. The third kappa shape index (κ3) is 5.58. The maximum atomic E-state index is 10.5. The van der Waals surface area contributed by atoms with E-state index in [1.54, 1.807) is 0 Å². The molecular weight excluding hydrogens is 448 g/mol. The molecule has 2 N–H and O–H groups in total. The van der Waals surface area contributed by atoms with E-state index in [4.69, 9.17) is 5.10 Å². The third-order valence-corrected chi connectivity index (χ3v) is 8.28. The first-order valence-corrected chi connectivity index (χ1v) is 13.7. The molecule has 7 nitrogen and oxygen atoms in total. The normalized spacial score (nSPS) is 24.8. The van der Waals surface area contributed by atoms with Crippen molar-refractivity contribution in [3.05, 3.63) is 47.8 Å². The Bertz CT molecular complexity index is 1150. The molecule has 2 fully saturated rings. The quantitative estimate of drug-likeness (QED) is 0.498. The fourth-order valence-electron chi connectivity index (χ4n) is 5.51. The number of aliphatic hydroxyl groups is 1. The second kappa shape index (κ2) is 10.5. The number of benzene rings is 1. The molecule has 1 saturated carbocycles. The van der Waals surface area contributed by atoms with E-state index in [0.29, 0.717) is 17.9 Å². The summed E-state index contributed by atoms with van der Waals surface area (Å²) < 4.78 is 2.11. The van der Waals surface area contributed by atoms with Crippen LogP contribution < -0.4 is 5.32 Å². The fourth-order valence-corrected chi connectivity index (χ4v) is 5.51. The number of hydrogen-bond donors (Lipinski definition) is 2. The predicted molar refractivity (Wildman–Crippen MR) is 146 cm³/mol. The van der Waals surface area contributed by atoms with Gasteiger partial charge in [-0.1, -0.05) is 31.2 Å². The van der Waals surface area contributed by atoms with E-state index in [2.05, 4.69) is 75.8 Å². The maximum absolute atomic E-state index is 10.5. The molecule has 0 amide bonds. The molecule has 0 bridgehead atoms. The SMILES string of the molecule is CC[C@H](C)Nc1ncc2c(-c3ccc(CN4CCN(C)CC4)cc3)cc([C@H]3CC[C@@](C)(O)CC3)n2n1. The number of anilines is 1.